The van der Waals surface area contributed by atoms with Crippen LogP contribution >= 0.6 is 0 Å². The third-order valence-corrected chi connectivity index (χ3v) is 8.46. The van der Waals surface area contributed by atoms with E-state index < -0.39 is 12.6 Å². The number of aromatic nitrogens is 1. The van der Waals surface area contributed by atoms with Crippen LogP contribution in [0.3, 0.4) is 0 Å². The maximum Gasteiger partial charge on any atom is 0.344 e. The van der Waals surface area contributed by atoms with Gasteiger partial charge in [0.15, 0.2) is 0 Å². The lowest BCUT2D eigenvalue weighted by Crippen LogP contribution is -2.26. The van der Waals surface area contributed by atoms with Crippen LogP contribution in [-0.2, 0) is 30.5 Å². The van der Waals surface area contributed by atoms with E-state index >= 15 is 0 Å². The third-order valence-electron chi connectivity index (χ3n) is 8.46. The highest BCUT2D eigenvalue weighted by atomic mass is 16.6. The molecule has 2 atom stereocenters. The molecule has 0 saturated heterocycles. The van der Waals surface area contributed by atoms with E-state index in [0.29, 0.717) is 12.3 Å². The Morgan fingerprint density at radius 1 is 1.02 bits per heavy atom. The molecule has 254 valence electrons. The number of ether oxygens (including phenoxy) is 1. The number of carboxylic acid groups (broad SMARTS) is 1. The number of oxime groups is 1. The molecule has 0 spiro atoms. The molecule has 0 bridgehead atoms. The monoisotopic (exact) mass is 661 g/mol. The number of aliphatic carboxylic acids is 1. The van der Waals surface area contributed by atoms with Crippen LogP contribution in [0.1, 0.15) is 62.5 Å². The van der Waals surface area contributed by atoms with Gasteiger partial charge in [0, 0.05) is 23.1 Å². The lowest BCUT2D eigenvalue weighted by atomic mass is 9.90. The second-order valence-corrected chi connectivity index (χ2v) is 11.4. The van der Waals surface area contributed by atoms with Crippen molar-refractivity contribution in [2.24, 2.45) is 11.1 Å². The maximum absolute atomic E-state index is 12.1. The number of para-hydroxylation sites is 1. The van der Waals surface area contributed by atoms with Crippen molar-refractivity contribution in [2.45, 2.75) is 46.7 Å². The van der Waals surface area contributed by atoms with Crippen LogP contribution < -0.4 is 0 Å². The molecule has 4 aromatic rings. The van der Waals surface area contributed by atoms with Gasteiger partial charge in [0.2, 0.25) is 6.61 Å². The number of hydrogen-bond donors (Lipinski definition) is 1. The average molecular weight is 662 g/mol. The smallest absolute Gasteiger partial charge is 0.344 e. The first kappa shape index (κ1) is 36.4. The zero-order valence-corrected chi connectivity index (χ0v) is 28.7. The molecule has 1 aliphatic carbocycles. The number of rotatable bonds is 6. The first-order valence-corrected chi connectivity index (χ1v) is 16.4. The Hall–Kier alpha value is -5.41. The maximum atomic E-state index is 12.1. The van der Waals surface area contributed by atoms with E-state index in [1.165, 1.54) is 10.9 Å². The topological polar surface area (TPSA) is 118 Å². The number of nitrogens with zero attached hydrogens (tertiary/aromatic N) is 3. The largest absolute Gasteiger partial charge is 0.479 e. The van der Waals surface area contributed by atoms with Crippen molar-refractivity contribution < 1.29 is 29.1 Å². The Morgan fingerprint density at radius 2 is 1.61 bits per heavy atom. The van der Waals surface area contributed by atoms with Gasteiger partial charge >= 0.3 is 11.9 Å². The van der Waals surface area contributed by atoms with Crippen LogP contribution in [0.25, 0.3) is 22.0 Å². The molecular formula is C40H43N3O6. The van der Waals surface area contributed by atoms with Crippen LogP contribution in [0, 0.1) is 5.92 Å². The number of benzene rings is 3. The molecule has 3 heterocycles. The summed E-state index contributed by atoms with van der Waals surface area (Å²) in [5, 5.41) is 13.7. The van der Waals surface area contributed by atoms with Crippen molar-refractivity contribution >= 4 is 35.3 Å². The molecule has 9 nitrogen and oxygen atoms in total. The van der Waals surface area contributed by atoms with Crippen molar-refractivity contribution in [2.75, 3.05) is 20.3 Å². The summed E-state index contributed by atoms with van der Waals surface area (Å²) in [6.07, 6.45) is 5.07. The number of fused-ring (bicyclic) bond motifs is 5. The van der Waals surface area contributed by atoms with E-state index in [1.54, 1.807) is 0 Å². The van der Waals surface area contributed by atoms with E-state index in [9.17, 15) is 9.59 Å². The summed E-state index contributed by atoms with van der Waals surface area (Å²) < 4.78 is 5.27. The summed E-state index contributed by atoms with van der Waals surface area (Å²) in [6, 6.07) is 26.4. The van der Waals surface area contributed by atoms with E-state index in [0.717, 1.165) is 57.6 Å². The van der Waals surface area contributed by atoms with Gasteiger partial charge in [-0.3, -0.25) is 14.7 Å². The molecule has 3 aromatic carbocycles. The van der Waals surface area contributed by atoms with Gasteiger partial charge in [-0.1, -0.05) is 105 Å². The van der Waals surface area contributed by atoms with Crippen LogP contribution in [0.4, 0.5) is 0 Å². The Bertz CT molecular complexity index is 1850. The highest BCUT2D eigenvalue weighted by molar-refractivity contribution is 6.24. The molecule has 1 N–H and O–H groups in total. The molecule has 3 aliphatic rings. The lowest BCUT2D eigenvalue weighted by Gasteiger charge is -2.24. The molecule has 0 saturated carbocycles. The molecule has 0 amide bonds. The summed E-state index contributed by atoms with van der Waals surface area (Å²) in [5.41, 5.74) is 10.5. The zero-order chi connectivity index (χ0) is 35.5. The molecule has 1 unspecified atom stereocenters. The summed E-state index contributed by atoms with van der Waals surface area (Å²) >= 11 is 0. The molecule has 7 rings (SSSR count). The van der Waals surface area contributed by atoms with E-state index in [-0.39, 0.29) is 17.9 Å². The fraction of sp³-hybridized carbons (Fsp3) is 0.275. The van der Waals surface area contributed by atoms with E-state index in [1.807, 2.05) is 89.1 Å². The van der Waals surface area contributed by atoms with Gasteiger partial charge in [0.25, 0.3) is 0 Å². The number of carboxylic acids is 1. The number of likely N-dealkylation sites (N-methyl/N-ethyl adjacent to an activating group) is 1. The molecule has 9 heteroatoms. The number of allylic oxidation sites excluding steroid dienone is 1. The molecule has 2 aliphatic heterocycles. The Morgan fingerprint density at radius 3 is 2.22 bits per heavy atom. The second-order valence-electron chi connectivity index (χ2n) is 11.4. The first-order chi connectivity index (χ1) is 23.9. The number of carbonyl (C=O) groups is 3. The molecule has 1 aromatic heterocycles. The number of hydrogen-bond acceptors (Lipinski definition) is 8. The van der Waals surface area contributed by atoms with Gasteiger partial charge in [0.1, 0.15) is 19.1 Å². The van der Waals surface area contributed by atoms with Crippen molar-refractivity contribution in [3.05, 3.63) is 125 Å². The fourth-order valence-electron chi connectivity index (χ4n) is 6.24. The number of esters is 1. The minimum atomic E-state index is -1.04. The summed E-state index contributed by atoms with van der Waals surface area (Å²) in [4.78, 5) is 42.6. The average Bonchev–Trinajstić information content (AvgIpc) is 3.62. The number of cyclic esters (lactones) is 1. The second kappa shape index (κ2) is 17.1. The highest BCUT2D eigenvalue weighted by Gasteiger charge is 2.30. The standard InChI is InChI=1S/C22H24N2O2.C15H11NO3.C2H6.CH2O/c1-4-17-18(14(2)13-26-22(17)25)9-10-20-21-16(12-24(20)3)11-15-7-5-6-8-19(15)23-21;17-14(18)9-19-16-15-12-7-3-1-5-10(12)11-6-2-4-8-13(11)15;2*1-2/h5-11,17,20H,4,12-13H2,1-3H3;1-8H,9H2,(H,17,18);1-2H3;1H2/t17-,20?;;;/m1.../s1. The Balaban J connectivity index is 0.000000208. The van der Waals surface area contributed by atoms with Crippen molar-refractivity contribution in [1.29, 1.82) is 0 Å². The fourth-order valence-corrected chi connectivity index (χ4v) is 6.24. The van der Waals surface area contributed by atoms with Crippen LogP contribution in [0.15, 0.2) is 107 Å². The normalized spacial score (nSPS) is 17.3. The molecular weight excluding hydrogens is 618 g/mol. The third kappa shape index (κ3) is 8.01. The summed E-state index contributed by atoms with van der Waals surface area (Å²) in [6.45, 7) is 10.9. The molecule has 49 heavy (non-hydrogen) atoms. The SMILES string of the molecule is C=O.CC.CC[C@H]1C(=O)OCC(C)=C1C=CC1c2nc3ccccc3cc2CN1C.O=C(O)CON=C1c2ccccc2-c2ccccc21. The minimum absolute atomic E-state index is 0.109. The van der Waals surface area contributed by atoms with Gasteiger partial charge in [-0.25, -0.2) is 4.79 Å². The van der Waals surface area contributed by atoms with Crippen LogP contribution in [0.5, 0.6) is 0 Å². The predicted molar refractivity (Wildman–Crippen MR) is 192 cm³/mol. The van der Waals surface area contributed by atoms with Gasteiger partial charge in [-0.2, -0.15) is 0 Å². The van der Waals surface area contributed by atoms with Gasteiger partial charge in [-0.15, -0.1) is 0 Å². The van der Waals surface area contributed by atoms with Gasteiger partial charge in [-0.05, 0) is 60.4 Å². The lowest BCUT2D eigenvalue weighted by molar-refractivity contribution is -0.147. The first-order valence-electron chi connectivity index (χ1n) is 16.4. The zero-order valence-electron chi connectivity index (χ0n) is 28.7. The van der Waals surface area contributed by atoms with E-state index in [4.69, 9.17) is 24.5 Å². The minimum Gasteiger partial charge on any atom is -0.479 e. The molecule has 0 fully saturated rings. The molecule has 0 radical (unpaired) electrons. The van der Waals surface area contributed by atoms with Crippen molar-refractivity contribution in [3.63, 3.8) is 0 Å². The Kier molecular flexibility index (Phi) is 12.7. The highest BCUT2D eigenvalue weighted by Crippen LogP contribution is 2.37. The van der Waals surface area contributed by atoms with Gasteiger partial charge < -0.3 is 19.5 Å². The van der Waals surface area contributed by atoms with Gasteiger partial charge in [0.05, 0.1) is 23.2 Å². The van der Waals surface area contributed by atoms with E-state index in [2.05, 4.69) is 53.5 Å². The number of pyridine rings is 1. The van der Waals surface area contributed by atoms with Crippen molar-refractivity contribution in [3.8, 4) is 11.1 Å². The quantitative estimate of drug-likeness (QED) is 0.147. The summed E-state index contributed by atoms with van der Waals surface area (Å²) in [5.74, 6) is -1.30. The van der Waals surface area contributed by atoms with Crippen molar-refractivity contribution in [1.82, 2.24) is 9.88 Å². The predicted octanol–water partition coefficient (Wildman–Crippen LogP) is 7.54. The van der Waals surface area contributed by atoms with Crippen LogP contribution in [-0.4, -0.2) is 59.7 Å². The van der Waals surface area contributed by atoms with Crippen LogP contribution in [0.2, 0.25) is 0 Å². The number of carbonyl (C=O) groups excluding carboxylic acids is 2. The summed E-state index contributed by atoms with van der Waals surface area (Å²) in [7, 11) is 2.12. The Labute approximate surface area is 287 Å².